The highest BCUT2D eigenvalue weighted by Gasteiger charge is 2.25. The molecule has 20 heavy (non-hydrogen) atoms. The zero-order valence-electron chi connectivity index (χ0n) is 12.6. The summed E-state index contributed by atoms with van der Waals surface area (Å²) >= 11 is 1.64. The molecular formula is C14H26N2O3S. The molecule has 0 aromatic carbocycles. The molecule has 3 atom stereocenters. The Kier molecular flexibility index (Phi) is 7.80. The lowest BCUT2D eigenvalue weighted by Crippen LogP contribution is -2.51. The van der Waals surface area contributed by atoms with E-state index in [-0.39, 0.29) is 18.0 Å². The number of hydrogen-bond acceptors (Lipinski definition) is 4. The fourth-order valence-corrected chi connectivity index (χ4v) is 3.00. The van der Waals surface area contributed by atoms with Gasteiger partial charge >= 0.3 is 12.0 Å². The molecule has 0 aromatic heterocycles. The van der Waals surface area contributed by atoms with E-state index in [1.54, 1.807) is 11.8 Å². The molecule has 1 aliphatic carbocycles. The van der Waals surface area contributed by atoms with E-state index in [1.807, 2.05) is 6.26 Å². The van der Waals surface area contributed by atoms with E-state index in [1.165, 1.54) is 13.5 Å². The lowest BCUT2D eigenvalue weighted by molar-refractivity contribution is -0.142. The Hall–Kier alpha value is -0.910. The Balaban J connectivity index is 2.45. The van der Waals surface area contributed by atoms with E-state index in [0.717, 1.165) is 25.0 Å². The molecule has 0 saturated heterocycles. The monoisotopic (exact) mass is 302 g/mol. The van der Waals surface area contributed by atoms with Gasteiger partial charge in [-0.2, -0.15) is 11.8 Å². The van der Waals surface area contributed by atoms with Crippen LogP contribution >= 0.6 is 11.8 Å². The second-order valence-corrected chi connectivity index (χ2v) is 6.33. The van der Waals surface area contributed by atoms with Gasteiger partial charge in [0.15, 0.2) is 0 Å². The molecule has 116 valence electrons. The average Bonchev–Trinajstić information content (AvgIpc) is 2.45. The summed E-state index contributed by atoms with van der Waals surface area (Å²) in [5.74, 6) is 0.919. The number of urea groups is 1. The highest BCUT2D eigenvalue weighted by atomic mass is 32.2. The molecule has 0 radical (unpaired) electrons. The Labute approximate surface area is 125 Å². The van der Waals surface area contributed by atoms with Gasteiger partial charge in [0.25, 0.3) is 0 Å². The Morgan fingerprint density at radius 3 is 2.65 bits per heavy atom. The van der Waals surface area contributed by atoms with E-state index >= 15 is 0 Å². The second kappa shape index (κ2) is 9.10. The molecule has 0 spiro atoms. The van der Waals surface area contributed by atoms with Gasteiger partial charge in [-0.1, -0.05) is 19.8 Å². The van der Waals surface area contributed by atoms with Gasteiger partial charge in [-0.25, -0.2) is 9.59 Å². The summed E-state index contributed by atoms with van der Waals surface area (Å²) in [5, 5.41) is 5.72. The fourth-order valence-electron chi connectivity index (χ4n) is 2.53. The summed E-state index contributed by atoms with van der Waals surface area (Å²) in [6.45, 7) is 2.16. The maximum absolute atomic E-state index is 12.0. The van der Waals surface area contributed by atoms with Gasteiger partial charge in [-0.15, -0.1) is 0 Å². The standard InChI is InChI=1S/C14H26N2O3S/c1-10-6-4-5-7-11(10)15-14(18)16-12(8-9-20-3)13(17)19-2/h10-12H,4-9H2,1-3H3,(H2,15,16,18). The van der Waals surface area contributed by atoms with Gasteiger partial charge in [0.2, 0.25) is 0 Å². The maximum Gasteiger partial charge on any atom is 0.328 e. The minimum Gasteiger partial charge on any atom is -0.467 e. The first-order chi connectivity index (χ1) is 9.58. The molecule has 1 aliphatic rings. The minimum atomic E-state index is -0.564. The second-order valence-electron chi connectivity index (χ2n) is 5.34. The Morgan fingerprint density at radius 2 is 2.05 bits per heavy atom. The van der Waals surface area contributed by atoms with Crippen molar-refractivity contribution in [1.29, 1.82) is 0 Å². The molecule has 2 N–H and O–H groups in total. The third-order valence-electron chi connectivity index (χ3n) is 3.83. The van der Waals surface area contributed by atoms with Crippen LogP contribution in [0.4, 0.5) is 4.79 Å². The number of carbonyl (C=O) groups excluding carboxylic acids is 2. The number of hydrogen-bond donors (Lipinski definition) is 2. The van der Waals surface area contributed by atoms with E-state index in [2.05, 4.69) is 17.6 Å². The molecule has 3 unspecified atom stereocenters. The van der Waals surface area contributed by atoms with Crippen LogP contribution in [0.15, 0.2) is 0 Å². The number of methoxy groups -OCH3 is 1. The average molecular weight is 302 g/mol. The van der Waals surface area contributed by atoms with Crippen molar-refractivity contribution in [3.05, 3.63) is 0 Å². The summed E-state index contributed by atoms with van der Waals surface area (Å²) in [6, 6.07) is -0.616. The van der Waals surface area contributed by atoms with Crippen molar-refractivity contribution in [1.82, 2.24) is 10.6 Å². The van der Waals surface area contributed by atoms with Crippen molar-refractivity contribution < 1.29 is 14.3 Å². The quantitative estimate of drug-likeness (QED) is 0.738. The van der Waals surface area contributed by atoms with Crippen molar-refractivity contribution >= 4 is 23.8 Å². The summed E-state index contributed by atoms with van der Waals surface area (Å²) in [7, 11) is 1.34. The van der Waals surface area contributed by atoms with Gasteiger partial charge in [-0.3, -0.25) is 0 Å². The Bertz CT molecular complexity index is 326. The lowest BCUT2D eigenvalue weighted by Gasteiger charge is -2.30. The highest BCUT2D eigenvalue weighted by Crippen LogP contribution is 2.23. The summed E-state index contributed by atoms with van der Waals surface area (Å²) in [6.07, 6.45) is 7.11. The Morgan fingerprint density at radius 1 is 1.35 bits per heavy atom. The van der Waals surface area contributed by atoms with Crippen LogP contribution in [0, 0.1) is 5.92 Å². The van der Waals surface area contributed by atoms with Crippen molar-refractivity contribution in [2.45, 2.75) is 51.1 Å². The predicted octanol–water partition coefficient (Wildman–Crippen LogP) is 2.16. The first kappa shape index (κ1) is 17.1. The first-order valence-corrected chi connectivity index (χ1v) is 8.61. The zero-order valence-corrected chi connectivity index (χ0v) is 13.4. The minimum absolute atomic E-state index is 0.211. The molecule has 1 rings (SSSR count). The molecule has 5 nitrogen and oxygen atoms in total. The molecule has 1 fully saturated rings. The summed E-state index contributed by atoms with van der Waals surface area (Å²) in [4.78, 5) is 23.6. The topological polar surface area (TPSA) is 67.4 Å². The third kappa shape index (κ3) is 5.61. The molecule has 0 heterocycles. The summed E-state index contributed by atoms with van der Waals surface area (Å²) < 4.78 is 4.73. The van der Waals surface area contributed by atoms with Crippen molar-refractivity contribution in [2.24, 2.45) is 5.92 Å². The van der Waals surface area contributed by atoms with Crippen molar-refractivity contribution in [3.63, 3.8) is 0 Å². The lowest BCUT2D eigenvalue weighted by atomic mass is 9.86. The number of carbonyl (C=O) groups is 2. The zero-order chi connectivity index (χ0) is 15.0. The number of ether oxygens (including phenoxy) is 1. The van der Waals surface area contributed by atoms with E-state index in [4.69, 9.17) is 4.74 Å². The van der Waals surface area contributed by atoms with E-state index in [0.29, 0.717) is 12.3 Å². The third-order valence-corrected chi connectivity index (χ3v) is 4.47. The van der Waals surface area contributed by atoms with Crippen LogP contribution in [0.1, 0.15) is 39.0 Å². The number of thioether (sulfide) groups is 1. The largest absolute Gasteiger partial charge is 0.467 e. The SMILES string of the molecule is COC(=O)C(CCSC)NC(=O)NC1CCCCC1C. The van der Waals surface area contributed by atoms with Crippen LogP contribution in [0.5, 0.6) is 0 Å². The smallest absolute Gasteiger partial charge is 0.328 e. The number of esters is 1. The van der Waals surface area contributed by atoms with Crippen LogP contribution in [-0.2, 0) is 9.53 Å². The van der Waals surface area contributed by atoms with Gasteiger partial charge < -0.3 is 15.4 Å². The molecular weight excluding hydrogens is 276 g/mol. The molecule has 2 amide bonds. The van der Waals surface area contributed by atoms with Crippen LogP contribution in [0.3, 0.4) is 0 Å². The van der Waals surface area contributed by atoms with Crippen molar-refractivity contribution in [3.8, 4) is 0 Å². The predicted molar refractivity (Wildman–Crippen MR) is 81.9 cm³/mol. The molecule has 0 aromatic rings. The molecule has 6 heteroatoms. The number of nitrogens with one attached hydrogen (secondary N) is 2. The van der Waals surface area contributed by atoms with E-state index < -0.39 is 6.04 Å². The first-order valence-electron chi connectivity index (χ1n) is 7.22. The van der Waals surface area contributed by atoms with Crippen molar-refractivity contribution in [2.75, 3.05) is 19.1 Å². The highest BCUT2D eigenvalue weighted by molar-refractivity contribution is 7.98. The van der Waals surface area contributed by atoms with Gasteiger partial charge in [0.05, 0.1) is 7.11 Å². The molecule has 1 saturated carbocycles. The number of amides is 2. The van der Waals surface area contributed by atoms with Gasteiger partial charge in [0.1, 0.15) is 6.04 Å². The fraction of sp³-hybridized carbons (Fsp3) is 0.857. The van der Waals surface area contributed by atoms with E-state index in [9.17, 15) is 9.59 Å². The normalized spacial score (nSPS) is 23.8. The van der Waals surface area contributed by atoms with Crippen LogP contribution in [-0.4, -0.2) is 43.2 Å². The molecule has 0 aliphatic heterocycles. The molecule has 0 bridgehead atoms. The van der Waals surface area contributed by atoms with Gasteiger partial charge in [0, 0.05) is 6.04 Å². The number of rotatable bonds is 6. The maximum atomic E-state index is 12.0. The van der Waals surface area contributed by atoms with Crippen LogP contribution in [0.2, 0.25) is 0 Å². The van der Waals surface area contributed by atoms with Crippen LogP contribution < -0.4 is 10.6 Å². The summed E-state index contributed by atoms with van der Waals surface area (Å²) in [5.41, 5.74) is 0. The van der Waals surface area contributed by atoms with Gasteiger partial charge in [-0.05, 0) is 37.2 Å². The van der Waals surface area contributed by atoms with Crippen LogP contribution in [0.25, 0.3) is 0 Å².